The van der Waals surface area contributed by atoms with Gasteiger partial charge in [0.2, 0.25) is 17.7 Å². The van der Waals surface area contributed by atoms with Crippen LogP contribution in [0.15, 0.2) is 18.2 Å². The molecule has 6 heteroatoms. The molecule has 2 N–H and O–H groups in total. The summed E-state index contributed by atoms with van der Waals surface area (Å²) in [4.78, 5) is 37.9. The van der Waals surface area contributed by atoms with Gasteiger partial charge in [-0.15, -0.1) is 0 Å². The lowest BCUT2D eigenvalue weighted by atomic mass is 10.1. The Balaban J connectivity index is 1.58. The molecule has 2 aliphatic rings. The lowest BCUT2D eigenvalue weighted by Crippen LogP contribution is -2.42. The van der Waals surface area contributed by atoms with Crippen LogP contribution < -0.4 is 15.5 Å². The Hall–Kier alpha value is -2.37. The molecule has 134 valence electrons. The summed E-state index contributed by atoms with van der Waals surface area (Å²) in [6.07, 6.45) is 3.51. The molecule has 6 nitrogen and oxygen atoms in total. The van der Waals surface area contributed by atoms with Crippen LogP contribution >= 0.6 is 0 Å². The maximum Gasteiger partial charge on any atom is 0.239 e. The number of aryl methyl sites for hydroxylation is 2. The maximum atomic E-state index is 12.3. The van der Waals surface area contributed by atoms with Crippen LogP contribution in [0.1, 0.15) is 37.8 Å². The highest BCUT2D eigenvalue weighted by atomic mass is 16.2. The molecule has 1 unspecified atom stereocenters. The summed E-state index contributed by atoms with van der Waals surface area (Å²) in [5, 5.41) is 5.36. The summed E-state index contributed by atoms with van der Waals surface area (Å²) in [6, 6.07) is 6.18. The summed E-state index contributed by atoms with van der Waals surface area (Å²) in [6.45, 7) is 4.05. The Kier molecular flexibility index (Phi) is 5.06. The number of nitrogens with zero attached hydrogens (tertiary/aromatic N) is 1. The second kappa shape index (κ2) is 7.25. The standard InChI is InChI=1S/C19H25N3O3/c1-12(2)21-17(23)10-20-19(25)15-9-18(24)22(11-15)16-7-6-13-4-3-5-14(13)8-16/h6-8,12,15H,3-5,9-11H2,1-2H3,(H,20,25)(H,21,23). The summed E-state index contributed by atoms with van der Waals surface area (Å²) in [5.74, 6) is -0.906. The van der Waals surface area contributed by atoms with Gasteiger partial charge in [-0.3, -0.25) is 14.4 Å². The van der Waals surface area contributed by atoms with E-state index in [0.717, 1.165) is 24.9 Å². The van der Waals surface area contributed by atoms with Crippen molar-refractivity contribution < 1.29 is 14.4 Å². The van der Waals surface area contributed by atoms with E-state index >= 15 is 0 Å². The highest BCUT2D eigenvalue weighted by Crippen LogP contribution is 2.30. The van der Waals surface area contributed by atoms with Crippen LogP contribution in [-0.2, 0) is 27.2 Å². The predicted molar refractivity (Wildman–Crippen MR) is 95.2 cm³/mol. The van der Waals surface area contributed by atoms with Crippen molar-refractivity contribution >= 4 is 23.4 Å². The minimum atomic E-state index is -0.410. The van der Waals surface area contributed by atoms with Gasteiger partial charge in [0, 0.05) is 24.7 Å². The second-order valence-corrected chi connectivity index (χ2v) is 7.15. The Morgan fingerprint density at radius 3 is 2.76 bits per heavy atom. The number of nitrogens with one attached hydrogen (secondary N) is 2. The third kappa shape index (κ3) is 4.00. The van der Waals surface area contributed by atoms with Crippen molar-refractivity contribution in [1.29, 1.82) is 0 Å². The van der Waals surface area contributed by atoms with E-state index in [2.05, 4.69) is 22.8 Å². The molecule has 3 rings (SSSR count). The van der Waals surface area contributed by atoms with E-state index in [1.165, 1.54) is 11.1 Å². The molecule has 1 heterocycles. The summed E-state index contributed by atoms with van der Waals surface area (Å²) in [5.41, 5.74) is 3.54. The SMILES string of the molecule is CC(C)NC(=O)CNC(=O)C1CC(=O)N(c2ccc3c(c2)CCC3)C1. The smallest absolute Gasteiger partial charge is 0.239 e. The summed E-state index contributed by atoms with van der Waals surface area (Å²) >= 11 is 0. The van der Waals surface area contributed by atoms with E-state index in [1.807, 2.05) is 19.9 Å². The van der Waals surface area contributed by atoms with Crippen molar-refractivity contribution in [3.05, 3.63) is 29.3 Å². The number of hydrogen-bond acceptors (Lipinski definition) is 3. The number of fused-ring (bicyclic) bond motifs is 1. The van der Waals surface area contributed by atoms with E-state index in [4.69, 9.17) is 0 Å². The summed E-state index contributed by atoms with van der Waals surface area (Å²) < 4.78 is 0. The van der Waals surface area contributed by atoms with Gasteiger partial charge in [0.25, 0.3) is 0 Å². The third-order valence-electron chi connectivity index (χ3n) is 4.76. The van der Waals surface area contributed by atoms with Crippen LogP contribution in [0, 0.1) is 5.92 Å². The quantitative estimate of drug-likeness (QED) is 0.842. The van der Waals surface area contributed by atoms with Crippen LogP contribution in [0.4, 0.5) is 5.69 Å². The molecule has 0 spiro atoms. The first-order valence-electron chi connectivity index (χ1n) is 8.93. The largest absolute Gasteiger partial charge is 0.352 e. The number of amides is 3. The zero-order chi connectivity index (χ0) is 18.0. The average molecular weight is 343 g/mol. The maximum absolute atomic E-state index is 12.3. The Labute approximate surface area is 148 Å². The van der Waals surface area contributed by atoms with Crippen molar-refractivity contribution in [2.75, 3.05) is 18.0 Å². The van der Waals surface area contributed by atoms with Gasteiger partial charge in [0.05, 0.1) is 12.5 Å². The number of benzene rings is 1. The van der Waals surface area contributed by atoms with Crippen LogP contribution in [0.3, 0.4) is 0 Å². The fraction of sp³-hybridized carbons (Fsp3) is 0.526. The molecule has 3 amide bonds. The minimum absolute atomic E-state index is 0.0350. The van der Waals surface area contributed by atoms with E-state index in [9.17, 15) is 14.4 Å². The van der Waals surface area contributed by atoms with Crippen LogP contribution in [0.2, 0.25) is 0 Å². The lowest BCUT2D eigenvalue weighted by molar-refractivity contribution is -0.129. The molecule has 1 atom stereocenters. The van der Waals surface area contributed by atoms with Crippen molar-refractivity contribution in [2.45, 2.75) is 45.6 Å². The van der Waals surface area contributed by atoms with Crippen LogP contribution in [0.5, 0.6) is 0 Å². The Bertz CT molecular complexity index is 699. The van der Waals surface area contributed by atoms with Crippen LogP contribution in [-0.4, -0.2) is 36.9 Å². The molecule has 1 aromatic carbocycles. The first kappa shape index (κ1) is 17.5. The molecular formula is C19H25N3O3. The van der Waals surface area contributed by atoms with Crippen molar-refractivity contribution in [2.24, 2.45) is 5.92 Å². The molecule has 25 heavy (non-hydrogen) atoms. The molecule has 0 aromatic heterocycles. The van der Waals surface area contributed by atoms with Gasteiger partial charge in [0.1, 0.15) is 0 Å². The Morgan fingerprint density at radius 1 is 1.24 bits per heavy atom. The van der Waals surface area contributed by atoms with Gasteiger partial charge >= 0.3 is 0 Å². The normalized spacial score (nSPS) is 19.2. The van der Waals surface area contributed by atoms with Gasteiger partial charge in [0.15, 0.2) is 0 Å². The number of hydrogen-bond donors (Lipinski definition) is 2. The van der Waals surface area contributed by atoms with E-state index in [-0.39, 0.29) is 36.7 Å². The average Bonchev–Trinajstić information content (AvgIpc) is 3.17. The lowest BCUT2D eigenvalue weighted by Gasteiger charge is -2.18. The minimum Gasteiger partial charge on any atom is -0.352 e. The number of carbonyl (C=O) groups excluding carboxylic acids is 3. The molecule has 1 aliphatic carbocycles. The van der Waals surface area contributed by atoms with Gasteiger partial charge in [-0.25, -0.2) is 0 Å². The fourth-order valence-corrected chi connectivity index (χ4v) is 3.54. The number of rotatable bonds is 5. The molecule has 1 aromatic rings. The van der Waals surface area contributed by atoms with Gasteiger partial charge in [-0.1, -0.05) is 6.07 Å². The first-order chi connectivity index (χ1) is 11.9. The molecule has 0 bridgehead atoms. The molecule has 0 radical (unpaired) electrons. The van der Waals surface area contributed by atoms with E-state index in [1.54, 1.807) is 4.90 Å². The van der Waals surface area contributed by atoms with Crippen molar-refractivity contribution in [1.82, 2.24) is 10.6 Å². The zero-order valence-electron chi connectivity index (χ0n) is 14.8. The van der Waals surface area contributed by atoms with Gasteiger partial charge < -0.3 is 15.5 Å². The van der Waals surface area contributed by atoms with Crippen molar-refractivity contribution in [3.63, 3.8) is 0 Å². The fourth-order valence-electron chi connectivity index (χ4n) is 3.54. The topological polar surface area (TPSA) is 78.5 Å². The second-order valence-electron chi connectivity index (χ2n) is 7.15. The molecule has 1 fully saturated rings. The highest BCUT2D eigenvalue weighted by molar-refractivity contribution is 6.00. The molecule has 1 saturated heterocycles. The van der Waals surface area contributed by atoms with E-state index < -0.39 is 5.92 Å². The number of anilines is 1. The van der Waals surface area contributed by atoms with Gasteiger partial charge in [-0.05, 0) is 56.4 Å². The highest BCUT2D eigenvalue weighted by Gasteiger charge is 2.35. The van der Waals surface area contributed by atoms with Crippen LogP contribution in [0.25, 0.3) is 0 Å². The molecule has 0 saturated carbocycles. The van der Waals surface area contributed by atoms with E-state index in [0.29, 0.717) is 6.54 Å². The van der Waals surface area contributed by atoms with Gasteiger partial charge in [-0.2, -0.15) is 0 Å². The monoisotopic (exact) mass is 343 g/mol. The predicted octanol–water partition coefficient (Wildman–Crippen LogP) is 1.17. The first-order valence-corrected chi connectivity index (χ1v) is 8.93. The van der Waals surface area contributed by atoms with Crippen molar-refractivity contribution in [3.8, 4) is 0 Å². The summed E-state index contributed by atoms with van der Waals surface area (Å²) in [7, 11) is 0. The molecule has 1 aliphatic heterocycles. The third-order valence-corrected chi connectivity index (χ3v) is 4.76. The number of carbonyl (C=O) groups is 3. The Morgan fingerprint density at radius 2 is 2.00 bits per heavy atom. The zero-order valence-corrected chi connectivity index (χ0v) is 14.8. The molecular weight excluding hydrogens is 318 g/mol.